The molecule has 142 valence electrons. The summed E-state index contributed by atoms with van der Waals surface area (Å²) in [7, 11) is 0. The summed E-state index contributed by atoms with van der Waals surface area (Å²) in [5.74, 6) is 0.142. The third kappa shape index (κ3) is 4.74. The minimum atomic E-state index is -0.512. The van der Waals surface area contributed by atoms with Gasteiger partial charge in [-0.25, -0.2) is 9.18 Å². The molecule has 1 aliphatic heterocycles. The van der Waals surface area contributed by atoms with Crippen molar-refractivity contribution < 1.29 is 18.7 Å². The molecule has 2 amide bonds. The van der Waals surface area contributed by atoms with E-state index in [-0.39, 0.29) is 29.6 Å². The Labute approximate surface area is 153 Å². The number of carbonyl (C=O) groups is 2. The van der Waals surface area contributed by atoms with E-state index in [1.54, 1.807) is 12.1 Å². The third-order valence-corrected chi connectivity index (χ3v) is 4.93. The molecule has 1 aromatic carbocycles. The minimum Gasteiger partial charge on any atom is -0.444 e. The van der Waals surface area contributed by atoms with E-state index in [9.17, 15) is 14.0 Å². The van der Waals surface area contributed by atoms with E-state index in [4.69, 9.17) is 4.74 Å². The van der Waals surface area contributed by atoms with E-state index in [2.05, 4.69) is 5.32 Å². The lowest BCUT2D eigenvalue weighted by Crippen LogP contribution is -2.48. The number of ether oxygens (including phenoxy) is 1. The second-order valence-electron chi connectivity index (χ2n) is 8.25. The van der Waals surface area contributed by atoms with Crippen LogP contribution in [0.4, 0.5) is 9.18 Å². The van der Waals surface area contributed by atoms with Crippen LogP contribution in [-0.4, -0.2) is 41.6 Å². The Morgan fingerprint density at radius 1 is 1.15 bits per heavy atom. The zero-order valence-electron chi connectivity index (χ0n) is 15.6. The lowest BCUT2D eigenvalue weighted by atomic mass is 10.0. The highest BCUT2D eigenvalue weighted by atomic mass is 19.1. The van der Waals surface area contributed by atoms with Crippen molar-refractivity contribution >= 4 is 12.0 Å². The lowest BCUT2D eigenvalue weighted by Gasteiger charge is -2.33. The molecule has 1 heterocycles. The second kappa shape index (κ2) is 7.25. The highest BCUT2D eigenvalue weighted by Crippen LogP contribution is 2.48. The number of hydrogen-bond donors (Lipinski definition) is 1. The lowest BCUT2D eigenvalue weighted by molar-refractivity contribution is -0.133. The first-order valence-corrected chi connectivity index (χ1v) is 9.27. The number of halogens is 1. The van der Waals surface area contributed by atoms with Gasteiger partial charge in [-0.1, -0.05) is 12.1 Å². The van der Waals surface area contributed by atoms with Gasteiger partial charge in [-0.05, 0) is 63.6 Å². The van der Waals surface area contributed by atoms with Gasteiger partial charge in [0.1, 0.15) is 11.4 Å². The van der Waals surface area contributed by atoms with Crippen LogP contribution in [0, 0.1) is 11.7 Å². The monoisotopic (exact) mass is 362 g/mol. The van der Waals surface area contributed by atoms with Crippen LogP contribution in [0.25, 0.3) is 0 Å². The molecule has 1 aliphatic carbocycles. The van der Waals surface area contributed by atoms with E-state index >= 15 is 0 Å². The summed E-state index contributed by atoms with van der Waals surface area (Å²) >= 11 is 0. The first kappa shape index (κ1) is 18.7. The number of benzene rings is 1. The molecule has 1 saturated carbocycles. The molecule has 26 heavy (non-hydrogen) atoms. The predicted molar refractivity (Wildman–Crippen MR) is 96.2 cm³/mol. The van der Waals surface area contributed by atoms with Crippen molar-refractivity contribution in [2.24, 2.45) is 5.92 Å². The fourth-order valence-corrected chi connectivity index (χ4v) is 3.50. The van der Waals surface area contributed by atoms with Gasteiger partial charge in [0.05, 0.1) is 0 Å². The van der Waals surface area contributed by atoms with Crippen LogP contribution in [0.3, 0.4) is 0 Å². The fourth-order valence-electron chi connectivity index (χ4n) is 3.50. The van der Waals surface area contributed by atoms with Crippen molar-refractivity contribution in [3.05, 3.63) is 35.6 Å². The fraction of sp³-hybridized carbons (Fsp3) is 0.600. The maximum atomic E-state index is 13.0. The number of nitrogens with zero attached hydrogens (tertiary/aromatic N) is 1. The summed E-state index contributed by atoms with van der Waals surface area (Å²) < 4.78 is 18.3. The zero-order chi connectivity index (χ0) is 18.9. The molecule has 6 heteroatoms. The number of rotatable bonds is 3. The molecule has 5 nitrogen and oxygen atoms in total. The third-order valence-electron chi connectivity index (χ3n) is 4.93. The van der Waals surface area contributed by atoms with Gasteiger partial charge in [0.15, 0.2) is 0 Å². The van der Waals surface area contributed by atoms with E-state index in [0.29, 0.717) is 13.1 Å². The SMILES string of the molecule is CC(C)(C)OC(=O)NC1CCN(C(=O)C2CC2c2ccc(F)cc2)CC1. The van der Waals surface area contributed by atoms with Gasteiger partial charge in [0.2, 0.25) is 5.91 Å². The molecule has 3 rings (SSSR count). The average molecular weight is 362 g/mol. The molecule has 1 aromatic rings. The zero-order valence-corrected chi connectivity index (χ0v) is 15.6. The molecular weight excluding hydrogens is 335 g/mol. The Hall–Kier alpha value is -2.11. The largest absolute Gasteiger partial charge is 0.444 e. The van der Waals surface area contributed by atoms with Gasteiger partial charge in [0.25, 0.3) is 0 Å². The molecular formula is C20H27FN2O3. The van der Waals surface area contributed by atoms with Crippen LogP contribution in [0.1, 0.15) is 51.5 Å². The first-order chi connectivity index (χ1) is 12.2. The molecule has 2 unspecified atom stereocenters. The Bertz CT molecular complexity index is 661. The Kier molecular flexibility index (Phi) is 5.21. The van der Waals surface area contributed by atoms with Gasteiger partial charge >= 0.3 is 6.09 Å². The maximum Gasteiger partial charge on any atom is 0.407 e. The number of hydrogen-bond acceptors (Lipinski definition) is 3. The summed E-state index contributed by atoms with van der Waals surface area (Å²) in [6.07, 6.45) is 1.90. The smallest absolute Gasteiger partial charge is 0.407 e. The van der Waals surface area contributed by atoms with E-state index in [1.165, 1.54) is 12.1 Å². The van der Waals surface area contributed by atoms with Gasteiger partial charge in [0, 0.05) is 25.0 Å². The van der Waals surface area contributed by atoms with Crippen molar-refractivity contribution in [2.75, 3.05) is 13.1 Å². The van der Waals surface area contributed by atoms with Gasteiger partial charge in [-0.15, -0.1) is 0 Å². The van der Waals surface area contributed by atoms with E-state index < -0.39 is 11.7 Å². The molecule has 2 atom stereocenters. The van der Waals surface area contributed by atoms with Crippen LogP contribution in [-0.2, 0) is 9.53 Å². The number of nitrogens with one attached hydrogen (secondary N) is 1. The summed E-state index contributed by atoms with van der Waals surface area (Å²) in [6, 6.07) is 6.47. The number of carbonyl (C=O) groups excluding carboxylic acids is 2. The molecule has 2 fully saturated rings. The van der Waals surface area contributed by atoms with Crippen molar-refractivity contribution in [1.29, 1.82) is 0 Å². The first-order valence-electron chi connectivity index (χ1n) is 9.27. The van der Waals surface area contributed by atoms with Crippen LogP contribution < -0.4 is 5.32 Å². The molecule has 1 N–H and O–H groups in total. The van der Waals surface area contributed by atoms with Crippen LogP contribution in [0.5, 0.6) is 0 Å². The molecule has 0 radical (unpaired) electrons. The summed E-state index contributed by atoms with van der Waals surface area (Å²) in [6.45, 7) is 6.79. The van der Waals surface area contributed by atoms with Crippen LogP contribution in [0.2, 0.25) is 0 Å². The van der Waals surface area contributed by atoms with Crippen LogP contribution >= 0.6 is 0 Å². The quantitative estimate of drug-likeness (QED) is 0.896. The Morgan fingerprint density at radius 3 is 2.35 bits per heavy atom. The number of amides is 2. The summed E-state index contributed by atoms with van der Waals surface area (Å²) in [4.78, 5) is 26.4. The molecule has 0 bridgehead atoms. The predicted octanol–water partition coefficient (Wildman–Crippen LogP) is 3.44. The number of likely N-dealkylation sites (tertiary alicyclic amines) is 1. The highest BCUT2D eigenvalue weighted by molar-refractivity contribution is 5.83. The molecule has 2 aliphatic rings. The second-order valence-corrected chi connectivity index (χ2v) is 8.25. The van der Waals surface area contributed by atoms with Crippen molar-refractivity contribution in [3.63, 3.8) is 0 Å². The van der Waals surface area contributed by atoms with Crippen molar-refractivity contribution in [1.82, 2.24) is 10.2 Å². The summed E-state index contributed by atoms with van der Waals surface area (Å²) in [5, 5.41) is 2.89. The van der Waals surface area contributed by atoms with Gasteiger partial charge in [-0.3, -0.25) is 4.79 Å². The van der Waals surface area contributed by atoms with Crippen LogP contribution in [0.15, 0.2) is 24.3 Å². The maximum absolute atomic E-state index is 13.0. The van der Waals surface area contributed by atoms with E-state index in [0.717, 1.165) is 24.8 Å². The molecule has 0 aromatic heterocycles. The number of piperidine rings is 1. The van der Waals surface area contributed by atoms with Crippen molar-refractivity contribution in [3.8, 4) is 0 Å². The Morgan fingerprint density at radius 2 is 1.77 bits per heavy atom. The van der Waals surface area contributed by atoms with Crippen molar-refractivity contribution in [2.45, 2.75) is 57.6 Å². The minimum absolute atomic E-state index is 0.0100. The number of alkyl carbamates (subject to hydrolysis) is 1. The highest BCUT2D eigenvalue weighted by Gasteiger charge is 2.46. The topological polar surface area (TPSA) is 58.6 Å². The molecule has 1 saturated heterocycles. The normalized spacial score (nSPS) is 23.5. The standard InChI is InChI=1S/C20H27FN2O3/c1-20(2,3)26-19(25)22-15-8-10-23(11-9-15)18(24)17-12-16(17)13-4-6-14(21)7-5-13/h4-7,15-17H,8-12H2,1-3H3,(H,22,25). The average Bonchev–Trinajstić information content (AvgIpc) is 3.34. The van der Waals surface area contributed by atoms with Gasteiger partial charge in [-0.2, -0.15) is 0 Å². The summed E-state index contributed by atoms with van der Waals surface area (Å²) in [5.41, 5.74) is 0.522. The Balaban J connectivity index is 1.44. The van der Waals surface area contributed by atoms with E-state index in [1.807, 2.05) is 25.7 Å². The van der Waals surface area contributed by atoms with Gasteiger partial charge < -0.3 is 15.0 Å². The molecule has 0 spiro atoms.